The Morgan fingerprint density at radius 1 is 1.00 bits per heavy atom. The lowest BCUT2D eigenvalue weighted by atomic mass is 10.2. The van der Waals surface area contributed by atoms with Crippen LogP contribution < -0.4 is 19.1 Å². The number of nitrogens with one attached hydrogen (secondary N) is 1. The number of ether oxygens (including phenoxy) is 2. The zero-order valence-corrected chi connectivity index (χ0v) is 19.4. The van der Waals surface area contributed by atoms with E-state index in [0.29, 0.717) is 21.7 Å². The van der Waals surface area contributed by atoms with Gasteiger partial charge in [-0.05, 0) is 42.5 Å². The molecule has 0 aromatic heterocycles. The zero-order chi connectivity index (χ0) is 22.6. The minimum absolute atomic E-state index is 0.105. The third-order valence-electron chi connectivity index (χ3n) is 4.81. The maximum Gasteiger partial charge on any atom is 0.264 e. The number of sulfonamides is 1. The molecule has 1 aliphatic rings. The molecule has 0 fully saturated rings. The van der Waals surface area contributed by atoms with Gasteiger partial charge in [0.25, 0.3) is 10.0 Å². The molecule has 1 aliphatic heterocycles. The van der Waals surface area contributed by atoms with Gasteiger partial charge in [-0.15, -0.1) is 0 Å². The van der Waals surface area contributed by atoms with Crippen molar-refractivity contribution >= 4 is 37.5 Å². The maximum atomic E-state index is 13.3. The summed E-state index contributed by atoms with van der Waals surface area (Å²) in [5, 5.41) is 2.76. The van der Waals surface area contributed by atoms with E-state index in [0.717, 1.165) is 4.31 Å². The Morgan fingerprint density at radius 3 is 2.47 bits per heavy atom. The van der Waals surface area contributed by atoms with Gasteiger partial charge in [0.05, 0.1) is 17.1 Å². The van der Waals surface area contributed by atoms with Gasteiger partial charge in [-0.2, -0.15) is 0 Å². The Labute approximate surface area is 195 Å². The monoisotopic (exact) mass is 516 g/mol. The number of carbonyl (C=O) groups excluding carboxylic acids is 1. The molecule has 0 bridgehead atoms. The first-order chi connectivity index (χ1) is 15.4. The Balaban J connectivity index is 1.48. The molecule has 1 amide bonds. The van der Waals surface area contributed by atoms with Gasteiger partial charge in [-0.1, -0.05) is 52.3 Å². The van der Waals surface area contributed by atoms with Crippen molar-refractivity contribution in [3.63, 3.8) is 0 Å². The molecule has 32 heavy (non-hydrogen) atoms. The first-order valence-corrected chi connectivity index (χ1v) is 12.2. The number of fused-ring (bicyclic) bond motifs is 1. The second-order valence-corrected chi connectivity index (χ2v) is 9.88. The molecule has 0 aliphatic carbocycles. The average molecular weight is 517 g/mol. The van der Waals surface area contributed by atoms with Gasteiger partial charge >= 0.3 is 0 Å². The molecule has 0 saturated carbocycles. The molecule has 3 aromatic rings. The fraction of sp³-hybridized carbons (Fsp3) is 0.174. The highest BCUT2D eigenvalue weighted by atomic mass is 79.9. The van der Waals surface area contributed by atoms with Crippen molar-refractivity contribution in [1.29, 1.82) is 0 Å². The largest absolute Gasteiger partial charge is 0.486 e. The second kappa shape index (κ2) is 9.62. The molecule has 1 heterocycles. The van der Waals surface area contributed by atoms with Crippen LogP contribution in [0.25, 0.3) is 0 Å². The Morgan fingerprint density at radius 2 is 1.72 bits per heavy atom. The first-order valence-electron chi connectivity index (χ1n) is 9.92. The van der Waals surface area contributed by atoms with Crippen molar-refractivity contribution in [2.75, 3.05) is 24.0 Å². The van der Waals surface area contributed by atoms with Crippen LogP contribution in [0.15, 0.2) is 88.2 Å². The third-order valence-corrected chi connectivity index (χ3v) is 7.09. The predicted octanol–water partition coefficient (Wildman–Crippen LogP) is 3.60. The van der Waals surface area contributed by atoms with E-state index in [1.807, 2.05) is 18.2 Å². The Kier molecular flexibility index (Phi) is 6.66. The predicted molar refractivity (Wildman–Crippen MR) is 124 cm³/mol. The molecule has 1 atom stereocenters. The molecule has 0 unspecified atom stereocenters. The van der Waals surface area contributed by atoms with Crippen LogP contribution in [0.1, 0.15) is 0 Å². The number of hydrogen-bond donors (Lipinski definition) is 1. The van der Waals surface area contributed by atoms with Gasteiger partial charge in [0.1, 0.15) is 19.3 Å². The number of para-hydroxylation sites is 2. The SMILES string of the molecule is O=C(CN(c1cccc(Br)c1)S(=O)(=O)c1ccccc1)NC[C@H]1COc2ccccc2O1. The minimum atomic E-state index is -3.95. The number of carbonyl (C=O) groups is 1. The van der Waals surface area contributed by atoms with Crippen LogP contribution in [-0.2, 0) is 14.8 Å². The highest BCUT2D eigenvalue weighted by molar-refractivity contribution is 9.10. The van der Waals surface area contributed by atoms with Crippen molar-refractivity contribution in [3.05, 3.63) is 83.3 Å². The van der Waals surface area contributed by atoms with Crippen molar-refractivity contribution in [1.82, 2.24) is 5.32 Å². The normalized spacial score (nSPS) is 15.1. The number of rotatable bonds is 7. The first kappa shape index (κ1) is 22.2. The number of halogens is 1. The summed E-state index contributed by atoms with van der Waals surface area (Å²) in [5.74, 6) is 0.817. The minimum Gasteiger partial charge on any atom is -0.486 e. The topological polar surface area (TPSA) is 84.9 Å². The summed E-state index contributed by atoms with van der Waals surface area (Å²) in [5.41, 5.74) is 0.379. The van der Waals surface area contributed by atoms with E-state index in [2.05, 4.69) is 21.2 Å². The lowest BCUT2D eigenvalue weighted by Crippen LogP contribution is -2.45. The summed E-state index contributed by atoms with van der Waals surface area (Å²) >= 11 is 3.36. The Bertz CT molecular complexity index is 1200. The highest BCUT2D eigenvalue weighted by Gasteiger charge is 2.28. The van der Waals surface area contributed by atoms with Gasteiger partial charge < -0.3 is 14.8 Å². The lowest BCUT2D eigenvalue weighted by Gasteiger charge is -2.27. The van der Waals surface area contributed by atoms with Gasteiger partial charge in [0.15, 0.2) is 11.5 Å². The van der Waals surface area contributed by atoms with Crippen LogP contribution >= 0.6 is 15.9 Å². The lowest BCUT2D eigenvalue weighted by molar-refractivity contribution is -0.120. The van der Waals surface area contributed by atoms with E-state index in [9.17, 15) is 13.2 Å². The molecule has 166 valence electrons. The van der Waals surface area contributed by atoms with Crippen LogP contribution in [0.2, 0.25) is 0 Å². The zero-order valence-electron chi connectivity index (χ0n) is 17.0. The van der Waals surface area contributed by atoms with Crippen molar-refractivity contribution in [2.24, 2.45) is 0 Å². The molecule has 0 spiro atoms. The number of hydrogen-bond acceptors (Lipinski definition) is 5. The summed E-state index contributed by atoms with van der Waals surface area (Å²) in [6.45, 7) is 0.0949. The second-order valence-electron chi connectivity index (χ2n) is 7.11. The van der Waals surface area contributed by atoms with Crippen molar-refractivity contribution in [2.45, 2.75) is 11.0 Å². The van der Waals surface area contributed by atoms with Gasteiger partial charge in [-0.25, -0.2) is 8.42 Å². The summed E-state index contributed by atoms with van der Waals surface area (Å²) < 4.78 is 39.9. The third kappa shape index (κ3) is 5.05. The fourth-order valence-corrected chi connectivity index (χ4v) is 5.06. The van der Waals surface area contributed by atoms with Crippen LogP contribution in [-0.4, -0.2) is 40.1 Å². The summed E-state index contributed by atoms with van der Waals surface area (Å²) in [6.07, 6.45) is -0.376. The number of anilines is 1. The van der Waals surface area contributed by atoms with E-state index < -0.39 is 15.9 Å². The maximum absolute atomic E-state index is 13.3. The van der Waals surface area contributed by atoms with Crippen LogP contribution in [0.4, 0.5) is 5.69 Å². The summed E-state index contributed by atoms with van der Waals surface area (Å²) in [6, 6.07) is 22.1. The smallest absolute Gasteiger partial charge is 0.264 e. The fourth-order valence-electron chi connectivity index (χ4n) is 3.24. The highest BCUT2D eigenvalue weighted by Crippen LogP contribution is 2.30. The molecule has 1 N–H and O–H groups in total. The number of benzene rings is 3. The number of amides is 1. The van der Waals surface area contributed by atoms with E-state index in [1.54, 1.807) is 48.5 Å². The summed E-state index contributed by atoms with van der Waals surface area (Å²) in [7, 11) is -3.95. The van der Waals surface area contributed by atoms with Crippen LogP contribution in [0.5, 0.6) is 11.5 Å². The molecule has 0 radical (unpaired) electrons. The molecule has 3 aromatic carbocycles. The van der Waals surface area contributed by atoms with E-state index in [-0.39, 0.29) is 30.7 Å². The average Bonchev–Trinajstić information content (AvgIpc) is 2.81. The van der Waals surface area contributed by atoms with Crippen LogP contribution in [0, 0.1) is 0 Å². The molecule has 0 saturated heterocycles. The summed E-state index contributed by atoms with van der Waals surface area (Å²) in [4.78, 5) is 12.9. The standard InChI is InChI=1S/C23H21BrN2O5S/c24-17-7-6-8-18(13-17)26(32(28,29)20-9-2-1-3-10-20)15-23(27)25-14-19-16-30-21-11-4-5-12-22(21)31-19/h1-13,19H,14-16H2,(H,25,27)/t19-/m0/s1. The van der Waals surface area contributed by atoms with Gasteiger partial charge in [0, 0.05) is 4.47 Å². The van der Waals surface area contributed by atoms with E-state index in [1.165, 1.54) is 12.1 Å². The van der Waals surface area contributed by atoms with Crippen LogP contribution in [0.3, 0.4) is 0 Å². The molecular weight excluding hydrogens is 496 g/mol. The molecule has 9 heteroatoms. The molecule has 4 rings (SSSR count). The molecular formula is C23H21BrN2O5S. The number of nitrogens with zero attached hydrogens (tertiary/aromatic N) is 1. The van der Waals surface area contributed by atoms with Gasteiger partial charge in [0.2, 0.25) is 5.91 Å². The quantitative estimate of drug-likeness (QED) is 0.518. The van der Waals surface area contributed by atoms with Crippen molar-refractivity contribution < 1.29 is 22.7 Å². The van der Waals surface area contributed by atoms with E-state index >= 15 is 0 Å². The molecule has 7 nitrogen and oxygen atoms in total. The van der Waals surface area contributed by atoms with Gasteiger partial charge in [-0.3, -0.25) is 9.10 Å². The van der Waals surface area contributed by atoms with E-state index in [4.69, 9.17) is 9.47 Å². The Hall–Kier alpha value is -3.04. The van der Waals surface area contributed by atoms with Crippen molar-refractivity contribution in [3.8, 4) is 11.5 Å².